The van der Waals surface area contributed by atoms with Gasteiger partial charge in [0.15, 0.2) is 0 Å². The summed E-state index contributed by atoms with van der Waals surface area (Å²) >= 11 is 6.00. The topological polar surface area (TPSA) is 25.4 Å². The Kier molecular flexibility index (Phi) is 5.52. The summed E-state index contributed by atoms with van der Waals surface area (Å²) in [5, 5.41) is 0. The SMILES string of the molecule is COCCCN(Cl)Cc1cccnc1. The van der Waals surface area contributed by atoms with Crippen LogP contribution in [-0.4, -0.2) is 29.7 Å². The van der Waals surface area contributed by atoms with Gasteiger partial charge in [0.2, 0.25) is 0 Å². The molecule has 0 aromatic carbocycles. The van der Waals surface area contributed by atoms with Crippen LogP contribution < -0.4 is 0 Å². The Morgan fingerprint density at radius 1 is 1.57 bits per heavy atom. The molecular weight excluding hydrogens is 200 g/mol. The standard InChI is InChI=1S/C10H15ClN2O/c1-14-7-3-6-13(11)9-10-4-2-5-12-8-10/h2,4-5,8H,3,6-7,9H2,1H3. The molecule has 0 radical (unpaired) electrons. The van der Waals surface area contributed by atoms with Gasteiger partial charge in [-0.3, -0.25) is 4.98 Å². The number of aromatic nitrogens is 1. The first-order valence-corrected chi connectivity index (χ1v) is 4.95. The van der Waals surface area contributed by atoms with Gasteiger partial charge in [0, 0.05) is 39.2 Å². The van der Waals surface area contributed by atoms with Crippen molar-refractivity contribution < 1.29 is 4.74 Å². The van der Waals surface area contributed by atoms with Crippen molar-refractivity contribution in [1.29, 1.82) is 0 Å². The van der Waals surface area contributed by atoms with E-state index >= 15 is 0 Å². The van der Waals surface area contributed by atoms with Gasteiger partial charge < -0.3 is 4.74 Å². The number of ether oxygens (including phenoxy) is 1. The number of rotatable bonds is 6. The van der Waals surface area contributed by atoms with Crippen LogP contribution in [0.1, 0.15) is 12.0 Å². The van der Waals surface area contributed by atoms with E-state index in [2.05, 4.69) is 4.98 Å². The molecule has 4 heteroatoms. The largest absolute Gasteiger partial charge is 0.385 e. The van der Waals surface area contributed by atoms with Gasteiger partial charge in [0.1, 0.15) is 0 Å². The molecule has 0 spiro atoms. The van der Waals surface area contributed by atoms with Gasteiger partial charge in [-0.25, -0.2) is 4.42 Å². The molecule has 0 aliphatic rings. The average Bonchev–Trinajstić information content (AvgIpc) is 2.20. The first-order chi connectivity index (χ1) is 6.83. The van der Waals surface area contributed by atoms with E-state index in [-0.39, 0.29) is 0 Å². The van der Waals surface area contributed by atoms with Crippen molar-refractivity contribution in [2.24, 2.45) is 0 Å². The molecule has 3 nitrogen and oxygen atoms in total. The maximum Gasteiger partial charge on any atom is 0.0474 e. The van der Waals surface area contributed by atoms with Crippen molar-refractivity contribution in [3.63, 3.8) is 0 Å². The summed E-state index contributed by atoms with van der Waals surface area (Å²) in [4.78, 5) is 4.02. The zero-order valence-electron chi connectivity index (χ0n) is 8.32. The first-order valence-electron chi connectivity index (χ1n) is 4.61. The fraction of sp³-hybridized carbons (Fsp3) is 0.500. The normalized spacial score (nSPS) is 10.8. The Morgan fingerprint density at radius 3 is 3.07 bits per heavy atom. The van der Waals surface area contributed by atoms with E-state index in [4.69, 9.17) is 16.5 Å². The highest BCUT2D eigenvalue weighted by Crippen LogP contribution is 2.05. The minimum absolute atomic E-state index is 0.721. The van der Waals surface area contributed by atoms with Crippen molar-refractivity contribution in [2.45, 2.75) is 13.0 Å². The summed E-state index contributed by atoms with van der Waals surface area (Å²) in [5.41, 5.74) is 1.12. The van der Waals surface area contributed by atoms with E-state index in [0.717, 1.165) is 31.7 Å². The van der Waals surface area contributed by atoms with Gasteiger partial charge in [-0.1, -0.05) is 6.07 Å². The van der Waals surface area contributed by atoms with Crippen LogP contribution in [0.5, 0.6) is 0 Å². The monoisotopic (exact) mass is 214 g/mol. The fourth-order valence-corrected chi connectivity index (χ4v) is 1.41. The van der Waals surface area contributed by atoms with E-state index < -0.39 is 0 Å². The number of nitrogens with zero attached hydrogens (tertiary/aromatic N) is 2. The molecule has 1 aromatic heterocycles. The van der Waals surface area contributed by atoms with Crippen LogP contribution in [-0.2, 0) is 11.3 Å². The maximum absolute atomic E-state index is 6.00. The summed E-state index contributed by atoms with van der Waals surface area (Å²) in [6, 6.07) is 3.92. The van der Waals surface area contributed by atoms with Crippen molar-refractivity contribution in [2.75, 3.05) is 20.3 Å². The molecule has 0 saturated heterocycles. The maximum atomic E-state index is 6.00. The Labute approximate surface area is 89.8 Å². The number of hydrogen-bond donors (Lipinski definition) is 0. The van der Waals surface area contributed by atoms with E-state index in [1.54, 1.807) is 17.7 Å². The van der Waals surface area contributed by atoms with Gasteiger partial charge >= 0.3 is 0 Å². The Morgan fingerprint density at radius 2 is 2.43 bits per heavy atom. The molecule has 1 aromatic rings. The Bertz CT molecular complexity index is 243. The second kappa shape index (κ2) is 6.76. The number of methoxy groups -OCH3 is 1. The zero-order chi connectivity index (χ0) is 10.2. The summed E-state index contributed by atoms with van der Waals surface area (Å²) < 4.78 is 6.69. The number of pyridine rings is 1. The van der Waals surface area contributed by atoms with Gasteiger partial charge in [-0.2, -0.15) is 0 Å². The first kappa shape index (κ1) is 11.4. The van der Waals surface area contributed by atoms with E-state index in [9.17, 15) is 0 Å². The zero-order valence-corrected chi connectivity index (χ0v) is 9.07. The predicted molar refractivity (Wildman–Crippen MR) is 57.0 cm³/mol. The van der Waals surface area contributed by atoms with Gasteiger partial charge in [0.05, 0.1) is 0 Å². The van der Waals surface area contributed by atoms with Gasteiger partial charge in [0.25, 0.3) is 0 Å². The van der Waals surface area contributed by atoms with Gasteiger partial charge in [-0.05, 0) is 29.8 Å². The third-order valence-corrected chi connectivity index (χ3v) is 2.11. The molecule has 1 rings (SSSR count). The highest BCUT2D eigenvalue weighted by Gasteiger charge is 2.01. The fourth-order valence-electron chi connectivity index (χ4n) is 1.15. The van der Waals surface area contributed by atoms with Crippen LogP contribution in [0, 0.1) is 0 Å². The van der Waals surface area contributed by atoms with Crippen molar-refractivity contribution in [3.8, 4) is 0 Å². The molecule has 0 fully saturated rings. The minimum Gasteiger partial charge on any atom is -0.385 e. The van der Waals surface area contributed by atoms with Crippen LogP contribution in [0.4, 0.5) is 0 Å². The highest BCUT2D eigenvalue weighted by molar-refractivity contribution is 6.13. The Balaban J connectivity index is 2.23. The lowest BCUT2D eigenvalue weighted by Gasteiger charge is -2.12. The molecule has 0 aliphatic heterocycles. The van der Waals surface area contributed by atoms with Crippen molar-refractivity contribution in [3.05, 3.63) is 30.1 Å². The molecule has 0 aliphatic carbocycles. The van der Waals surface area contributed by atoms with E-state index in [1.165, 1.54) is 0 Å². The summed E-state index contributed by atoms with van der Waals surface area (Å²) in [7, 11) is 1.69. The smallest absolute Gasteiger partial charge is 0.0474 e. The molecule has 14 heavy (non-hydrogen) atoms. The molecule has 0 bridgehead atoms. The lowest BCUT2D eigenvalue weighted by molar-refractivity contribution is 0.187. The predicted octanol–water partition coefficient (Wildman–Crippen LogP) is 2.07. The van der Waals surface area contributed by atoms with E-state index in [1.807, 2.05) is 18.3 Å². The molecule has 0 atom stereocenters. The van der Waals surface area contributed by atoms with Crippen LogP contribution >= 0.6 is 11.8 Å². The van der Waals surface area contributed by atoms with Crippen molar-refractivity contribution >= 4 is 11.8 Å². The molecular formula is C10H15ClN2O. The third-order valence-electron chi connectivity index (χ3n) is 1.83. The van der Waals surface area contributed by atoms with Crippen molar-refractivity contribution in [1.82, 2.24) is 9.40 Å². The van der Waals surface area contributed by atoms with Crippen LogP contribution in [0.3, 0.4) is 0 Å². The lowest BCUT2D eigenvalue weighted by Crippen LogP contribution is -2.14. The number of halogens is 1. The third kappa shape index (κ3) is 4.56. The molecule has 78 valence electrons. The second-order valence-electron chi connectivity index (χ2n) is 3.05. The Hall–Kier alpha value is -0.640. The number of hydrogen-bond acceptors (Lipinski definition) is 3. The highest BCUT2D eigenvalue weighted by atomic mass is 35.5. The van der Waals surface area contributed by atoms with Crippen LogP contribution in [0.25, 0.3) is 0 Å². The quantitative estimate of drug-likeness (QED) is 0.536. The minimum atomic E-state index is 0.721. The second-order valence-corrected chi connectivity index (χ2v) is 3.53. The molecule has 0 amide bonds. The molecule has 0 saturated carbocycles. The molecule has 1 heterocycles. The van der Waals surface area contributed by atoms with Gasteiger partial charge in [-0.15, -0.1) is 0 Å². The average molecular weight is 215 g/mol. The van der Waals surface area contributed by atoms with Crippen LogP contribution in [0.15, 0.2) is 24.5 Å². The van der Waals surface area contributed by atoms with E-state index in [0.29, 0.717) is 0 Å². The summed E-state index contributed by atoms with van der Waals surface area (Å²) in [6.45, 7) is 2.29. The summed E-state index contributed by atoms with van der Waals surface area (Å²) in [6.07, 6.45) is 4.53. The van der Waals surface area contributed by atoms with Crippen LogP contribution in [0.2, 0.25) is 0 Å². The summed E-state index contributed by atoms with van der Waals surface area (Å²) in [5.74, 6) is 0. The lowest BCUT2D eigenvalue weighted by atomic mass is 10.3. The molecule has 0 unspecified atom stereocenters. The molecule has 0 N–H and O–H groups in total.